The fourth-order valence-electron chi connectivity index (χ4n) is 1.10. The largest absolute Gasteiger partial charge is 0.409 e. The van der Waals surface area contributed by atoms with Crippen LogP contribution in [0.4, 0.5) is 0 Å². The highest BCUT2D eigenvalue weighted by Crippen LogP contribution is 1.96. The van der Waals surface area contributed by atoms with Crippen LogP contribution in [0.3, 0.4) is 0 Å². The van der Waals surface area contributed by atoms with Crippen molar-refractivity contribution in [2.45, 2.75) is 19.3 Å². The number of nitrogens with one attached hydrogen (secondary N) is 1. The van der Waals surface area contributed by atoms with Gasteiger partial charge in [0.05, 0.1) is 0 Å². The number of unbranched alkanes of at least 4 members (excludes halogenated alkanes) is 1. The smallest absolute Gasteiger partial charge is 0.273 e. The van der Waals surface area contributed by atoms with Crippen molar-refractivity contribution >= 4 is 11.7 Å². The van der Waals surface area contributed by atoms with Gasteiger partial charge in [0.2, 0.25) is 0 Å². The van der Waals surface area contributed by atoms with E-state index in [2.05, 4.69) is 20.2 Å². The van der Waals surface area contributed by atoms with Crippen molar-refractivity contribution < 1.29 is 14.5 Å². The molecule has 0 atom stereocenters. The highest BCUT2D eigenvalue weighted by molar-refractivity contribution is 5.91. The quantitative estimate of drug-likeness (QED) is 0.212. The van der Waals surface area contributed by atoms with Gasteiger partial charge in [-0.3, -0.25) is 4.79 Å². The van der Waals surface area contributed by atoms with Crippen LogP contribution in [-0.4, -0.2) is 28.7 Å². The third-order valence-electron chi connectivity index (χ3n) is 1.94. The van der Waals surface area contributed by atoms with E-state index in [-0.39, 0.29) is 17.4 Å². The van der Waals surface area contributed by atoms with Crippen molar-refractivity contribution in [1.29, 1.82) is 0 Å². The van der Waals surface area contributed by atoms with Gasteiger partial charge in [-0.25, -0.2) is 0 Å². The number of amidine groups is 1. The van der Waals surface area contributed by atoms with E-state index in [1.807, 2.05) is 0 Å². The van der Waals surface area contributed by atoms with Crippen LogP contribution in [0.1, 0.15) is 29.8 Å². The molecule has 4 N–H and O–H groups in total. The van der Waals surface area contributed by atoms with E-state index in [4.69, 9.17) is 10.9 Å². The zero-order chi connectivity index (χ0) is 11.8. The minimum Gasteiger partial charge on any atom is -0.409 e. The third-order valence-corrected chi connectivity index (χ3v) is 1.94. The molecule has 1 aromatic heterocycles. The van der Waals surface area contributed by atoms with Gasteiger partial charge in [-0.05, 0) is 12.8 Å². The van der Waals surface area contributed by atoms with Crippen LogP contribution in [0.2, 0.25) is 0 Å². The molecule has 0 saturated heterocycles. The van der Waals surface area contributed by atoms with Crippen LogP contribution in [0.15, 0.2) is 22.0 Å². The standard InChI is InChI=1S/C9H14N4O3/c10-8(12-15)3-1-2-5-11-9(14)7-4-6-16-13-7/h4,6,15H,1-3,5H2,(H2,10,12)(H,11,14). The molecule has 0 aromatic carbocycles. The summed E-state index contributed by atoms with van der Waals surface area (Å²) in [5, 5.41) is 17.3. The molecule has 0 spiro atoms. The summed E-state index contributed by atoms with van der Waals surface area (Å²) in [4.78, 5) is 11.3. The molecule has 0 aliphatic rings. The lowest BCUT2D eigenvalue weighted by Crippen LogP contribution is -2.25. The van der Waals surface area contributed by atoms with Gasteiger partial charge in [0.25, 0.3) is 5.91 Å². The van der Waals surface area contributed by atoms with Gasteiger partial charge in [0, 0.05) is 19.0 Å². The summed E-state index contributed by atoms with van der Waals surface area (Å²) in [5.41, 5.74) is 5.54. The van der Waals surface area contributed by atoms with E-state index in [0.717, 1.165) is 12.8 Å². The Balaban J connectivity index is 2.10. The van der Waals surface area contributed by atoms with Gasteiger partial charge >= 0.3 is 0 Å². The van der Waals surface area contributed by atoms with Gasteiger partial charge in [0.1, 0.15) is 12.1 Å². The molecule has 1 amide bonds. The zero-order valence-electron chi connectivity index (χ0n) is 8.72. The predicted octanol–water partition coefficient (Wildman–Crippen LogP) is 0.321. The Morgan fingerprint density at radius 2 is 2.44 bits per heavy atom. The number of carbonyl (C=O) groups is 1. The topological polar surface area (TPSA) is 114 Å². The fourth-order valence-corrected chi connectivity index (χ4v) is 1.10. The number of aromatic nitrogens is 1. The monoisotopic (exact) mass is 226 g/mol. The summed E-state index contributed by atoms with van der Waals surface area (Å²) in [6, 6.07) is 1.49. The van der Waals surface area contributed by atoms with Crippen molar-refractivity contribution in [2.24, 2.45) is 10.9 Å². The average molecular weight is 226 g/mol. The normalized spacial score (nSPS) is 11.4. The number of carbonyl (C=O) groups excluding carboxylic acids is 1. The number of hydrogen-bond acceptors (Lipinski definition) is 5. The molecule has 88 valence electrons. The minimum absolute atomic E-state index is 0.197. The fraction of sp³-hybridized carbons (Fsp3) is 0.444. The van der Waals surface area contributed by atoms with Gasteiger partial charge in [0.15, 0.2) is 5.69 Å². The molecule has 0 radical (unpaired) electrons. The highest BCUT2D eigenvalue weighted by atomic mass is 16.5. The second-order valence-corrected chi connectivity index (χ2v) is 3.19. The first-order valence-corrected chi connectivity index (χ1v) is 4.89. The average Bonchev–Trinajstić information content (AvgIpc) is 2.81. The summed E-state index contributed by atoms with van der Waals surface area (Å²) in [7, 11) is 0. The molecule has 0 aliphatic carbocycles. The van der Waals surface area contributed by atoms with Crippen molar-refractivity contribution in [2.75, 3.05) is 6.54 Å². The zero-order valence-corrected chi connectivity index (χ0v) is 8.72. The summed E-state index contributed by atoms with van der Waals surface area (Å²) in [6.45, 7) is 0.518. The van der Waals surface area contributed by atoms with E-state index in [9.17, 15) is 4.79 Å². The Morgan fingerprint density at radius 1 is 1.62 bits per heavy atom. The van der Waals surface area contributed by atoms with E-state index < -0.39 is 0 Å². The van der Waals surface area contributed by atoms with E-state index in [1.165, 1.54) is 12.3 Å². The van der Waals surface area contributed by atoms with Gasteiger partial charge in [-0.2, -0.15) is 0 Å². The van der Waals surface area contributed by atoms with Crippen molar-refractivity contribution in [1.82, 2.24) is 10.5 Å². The number of amides is 1. The summed E-state index contributed by atoms with van der Waals surface area (Å²) >= 11 is 0. The minimum atomic E-state index is -0.266. The first-order chi connectivity index (χ1) is 7.74. The van der Waals surface area contributed by atoms with Crippen LogP contribution in [-0.2, 0) is 0 Å². The number of nitrogens with two attached hydrogens (primary N) is 1. The molecule has 0 fully saturated rings. The molecular weight excluding hydrogens is 212 g/mol. The van der Waals surface area contributed by atoms with E-state index in [0.29, 0.717) is 13.0 Å². The third kappa shape index (κ3) is 3.99. The van der Waals surface area contributed by atoms with Crippen LogP contribution >= 0.6 is 0 Å². The summed E-state index contributed by atoms with van der Waals surface area (Å²) in [5.74, 6) is -0.0691. The van der Waals surface area contributed by atoms with Gasteiger partial charge in [-0.15, -0.1) is 0 Å². The Kier molecular flexibility index (Phi) is 4.84. The van der Waals surface area contributed by atoms with E-state index in [1.54, 1.807) is 0 Å². The number of hydrogen-bond donors (Lipinski definition) is 3. The van der Waals surface area contributed by atoms with Crippen LogP contribution in [0.25, 0.3) is 0 Å². The summed E-state index contributed by atoms with van der Waals surface area (Å²) < 4.78 is 4.54. The molecular formula is C9H14N4O3. The van der Waals surface area contributed by atoms with Gasteiger partial charge < -0.3 is 20.8 Å². The molecule has 0 bridgehead atoms. The predicted molar refractivity (Wildman–Crippen MR) is 56.1 cm³/mol. The van der Waals surface area contributed by atoms with Crippen LogP contribution < -0.4 is 11.1 Å². The van der Waals surface area contributed by atoms with E-state index >= 15 is 0 Å². The molecule has 7 nitrogen and oxygen atoms in total. The lowest BCUT2D eigenvalue weighted by molar-refractivity contribution is 0.0944. The van der Waals surface area contributed by atoms with Gasteiger partial charge in [-0.1, -0.05) is 10.3 Å². The highest BCUT2D eigenvalue weighted by Gasteiger charge is 2.07. The molecule has 1 aromatic rings. The maximum atomic E-state index is 11.3. The Bertz CT molecular complexity index is 348. The maximum absolute atomic E-state index is 11.3. The second kappa shape index (κ2) is 6.44. The lowest BCUT2D eigenvalue weighted by atomic mass is 10.2. The van der Waals surface area contributed by atoms with Crippen molar-refractivity contribution in [3.8, 4) is 0 Å². The Morgan fingerprint density at radius 3 is 3.06 bits per heavy atom. The Labute approximate surface area is 92.3 Å². The first kappa shape index (κ1) is 12.0. The molecule has 0 saturated carbocycles. The number of oxime groups is 1. The second-order valence-electron chi connectivity index (χ2n) is 3.19. The number of nitrogens with zero attached hydrogens (tertiary/aromatic N) is 2. The number of rotatable bonds is 6. The van der Waals surface area contributed by atoms with Crippen molar-refractivity contribution in [3.05, 3.63) is 18.0 Å². The van der Waals surface area contributed by atoms with Crippen molar-refractivity contribution in [3.63, 3.8) is 0 Å². The first-order valence-electron chi connectivity index (χ1n) is 4.89. The molecule has 0 unspecified atom stereocenters. The molecule has 7 heteroatoms. The van der Waals surface area contributed by atoms with Crippen LogP contribution in [0, 0.1) is 0 Å². The molecule has 1 rings (SSSR count). The lowest BCUT2D eigenvalue weighted by Gasteiger charge is -2.02. The molecule has 1 heterocycles. The maximum Gasteiger partial charge on any atom is 0.273 e. The SMILES string of the molecule is NC(CCCCNC(=O)c1ccon1)=NO. The molecule has 16 heavy (non-hydrogen) atoms. The summed E-state index contributed by atoms with van der Waals surface area (Å²) in [6.07, 6.45) is 3.35. The van der Waals surface area contributed by atoms with Crippen LogP contribution in [0.5, 0.6) is 0 Å². The molecule has 0 aliphatic heterocycles. The Hall–Kier alpha value is -2.05.